The van der Waals surface area contributed by atoms with Gasteiger partial charge in [0.1, 0.15) is 10.6 Å². The van der Waals surface area contributed by atoms with Gasteiger partial charge in [-0.3, -0.25) is 4.90 Å². The van der Waals surface area contributed by atoms with Crippen molar-refractivity contribution >= 4 is 39.0 Å². The third kappa shape index (κ3) is 3.05. The molecule has 132 valence electrons. The zero-order valence-corrected chi connectivity index (χ0v) is 15.3. The standard InChI is InChI=1S/C17H17ClN2O4S/c1-3-10-24-14-8-9-16-15(11-14)19(2)17(21)20(25(16,22)23)13-6-4-12(18)5-7-13/h4-9,11H,3,10H2,1-2H3. The highest BCUT2D eigenvalue weighted by atomic mass is 35.5. The molecule has 0 unspecified atom stereocenters. The van der Waals surface area contributed by atoms with Crippen molar-refractivity contribution in [3.05, 3.63) is 47.5 Å². The predicted octanol–water partition coefficient (Wildman–Crippen LogP) is 3.89. The summed E-state index contributed by atoms with van der Waals surface area (Å²) in [6.45, 7) is 2.49. The highest BCUT2D eigenvalue weighted by Gasteiger charge is 2.41. The number of rotatable bonds is 4. The van der Waals surface area contributed by atoms with E-state index in [4.69, 9.17) is 16.3 Å². The van der Waals surface area contributed by atoms with Gasteiger partial charge in [-0.15, -0.1) is 0 Å². The van der Waals surface area contributed by atoms with Crippen LogP contribution in [-0.4, -0.2) is 28.1 Å². The maximum Gasteiger partial charge on any atom is 0.342 e. The van der Waals surface area contributed by atoms with Crippen LogP contribution in [0.25, 0.3) is 0 Å². The van der Waals surface area contributed by atoms with E-state index in [1.54, 1.807) is 12.1 Å². The molecule has 0 radical (unpaired) electrons. The second kappa shape index (κ2) is 6.57. The van der Waals surface area contributed by atoms with Crippen molar-refractivity contribution in [3.8, 4) is 5.75 Å². The van der Waals surface area contributed by atoms with Crippen LogP contribution in [0.3, 0.4) is 0 Å². The van der Waals surface area contributed by atoms with Crippen molar-refractivity contribution in [1.82, 2.24) is 0 Å². The number of sulfonamides is 1. The number of ether oxygens (including phenoxy) is 1. The first kappa shape index (κ1) is 17.6. The number of fused-ring (bicyclic) bond motifs is 1. The van der Waals surface area contributed by atoms with Crippen LogP contribution in [0.2, 0.25) is 5.02 Å². The molecule has 0 bridgehead atoms. The zero-order chi connectivity index (χ0) is 18.2. The Bertz CT molecular complexity index is 913. The van der Waals surface area contributed by atoms with Crippen molar-refractivity contribution in [2.45, 2.75) is 18.2 Å². The lowest BCUT2D eigenvalue weighted by atomic mass is 10.2. The molecular weight excluding hydrogens is 364 g/mol. The molecule has 3 rings (SSSR count). The van der Waals surface area contributed by atoms with Crippen LogP contribution in [-0.2, 0) is 10.0 Å². The van der Waals surface area contributed by atoms with E-state index in [9.17, 15) is 13.2 Å². The molecular formula is C17H17ClN2O4S. The third-order valence-corrected chi connectivity index (χ3v) is 5.81. The molecule has 1 heterocycles. The Hall–Kier alpha value is -2.25. The van der Waals surface area contributed by atoms with Gasteiger partial charge in [0.05, 0.1) is 18.0 Å². The molecule has 0 aliphatic carbocycles. The molecule has 0 spiro atoms. The van der Waals surface area contributed by atoms with Crippen molar-refractivity contribution in [2.75, 3.05) is 22.9 Å². The van der Waals surface area contributed by atoms with Crippen LogP contribution in [0.15, 0.2) is 47.4 Å². The van der Waals surface area contributed by atoms with Gasteiger partial charge in [0.15, 0.2) is 0 Å². The summed E-state index contributed by atoms with van der Waals surface area (Å²) in [5, 5.41) is 0.456. The van der Waals surface area contributed by atoms with Crippen LogP contribution in [0, 0.1) is 0 Å². The van der Waals surface area contributed by atoms with E-state index in [2.05, 4.69) is 0 Å². The molecule has 0 atom stereocenters. The summed E-state index contributed by atoms with van der Waals surface area (Å²) in [6, 6.07) is 10.0. The van der Waals surface area contributed by atoms with Crippen molar-refractivity contribution in [2.24, 2.45) is 0 Å². The Morgan fingerprint density at radius 3 is 2.44 bits per heavy atom. The number of amides is 2. The number of benzene rings is 2. The van der Waals surface area contributed by atoms with Gasteiger partial charge in [-0.05, 0) is 42.8 Å². The molecule has 2 aromatic rings. The number of hydrogen-bond donors (Lipinski definition) is 0. The minimum absolute atomic E-state index is 0.0494. The van der Waals surface area contributed by atoms with E-state index in [0.717, 1.165) is 10.7 Å². The number of halogens is 1. The molecule has 0 saturated carbocycles. The number of hydrogen-bond acceptors (Lipinski definition) is 4. The van der Waals surface area contributed by atoms with Crippen LogP contribution in [0.1, 0.15) is 13.3 Å². The largest absolute Gasteiger partial charge is 0.494 e. The Morgan fingerprint density at radius 2 is 1.80 bits per heavy atom. The van der Waals surface area contributed by atoms with Crippen molar-refractivity contribution in [3.63, 3.8) is 0 Å². The average molecular weight is 381 g/mol. The maximum atomic E-state index is 13.0. The molecule has 1 aliphatic heterocycles. The van der Waals surface area contributed by atoms with Gasteiger partial charge in [-0.2, -0.15) is 4.31 Å². The van der Waals surface area contributed by atoms with E-state index in [-0.39, 0.29) is 10.6 Å². The molecule has 1 aliphatic rings. The Kier molecular flexibility index (Phi) is 4.62. The van der Waals surface area contributed by atoms with E-state index in [1.165, 1.54) is 42.3 Å². The zero-order valence-electron chi connectivity index (χ0n) is 13.8. The van der Waals surface area contributed by atoms with Gasteiger partial charge < -0.3 is 4.74 Å². The second-order valence-electron chi connectivity index (χ2n) is 5.57. The van der Waals surface area contributed by atoms with Crippen molar-refractivity contribution < 1.29 is 17.9 Å². The number of urea groups is 1. The summed E-state index contributed by atoms with van der Waals surface area (Å²) in [6.07, 6.45) is 0.828. The highest BCUT2D eigenvalue weighted by molar-refractivity contribution is 7.94. The summed E-state index contributed by atoms with van der Waals surface area (Å²) < 4.78 is 32.3. The lowest BCUT2D eigenvalue weighted by Crippen LogP contribution is -2.49. The second-order valence-corrected chi connectivity index (χ2v) is 7.76. The number of nitrogens with zero attached hydrogens (tertiary/aromatic N) is 2. The predicted molar refractivity (Wildman–Crippen MR) is 97.1 cm³/mol. The molecule has 6 nitrogen and oxygen atoms in total. The fourth-order valence-electron chi connectivity index (χ4n) is 2.55. The SMILES string of the molecule is CCCOc1ccc2c(c1)N(C)C(=O)N(c1ccc(Cl)cc1)S2(=O)=O. The normalized spacial score (nSPS) is 15.9. The van der Waals surface area contributed by atoms with E-state index in [1.807, 2.05) is 6.92 Å². The van der Waals surface area contributed by atoms with Gasteiger partial charge in [-0.25, -0.2) is 13.2 Å². The van der Waals surface area contributed by atoms with Crippen LogP contribution >= 0.6 is 11.6 Å². The monoisotopic (exact) mass is 380 g/mol. The van der Waals surface area contributed by atoms with Gasteiger partial charge in [0.25, 0.3) is 10.0 Å². The summed E-state index contributed by atoms with van der Waals surface area (Å²) in [7, 11) is -2.49. The smallest absolute Gasteiger partial charge is 0.342 e. The van der Waals surface area contributed by atoms with Crippen LogP contribution < -0.4 is 13.9 Å². The molecule has 2 amide bonds. The molecule has 0 saturated heterocycles. The first-order valence-corrected chi connectivity index (χ1v) is 9.53. The highest BCUT2D eigenvalue weighted by Crippen LogP contribution is 2.38. The van der Waals surface area contributed by atoms with Gasteiger partial charge in [0.2, 0.25) is 0 Å². The fraction of sp³-hybridized carbons (Fsp3) is 0.235. The quantitative estimate of drug-likeness (QED) is 0.806. The van der Waals surface area contributed by atoms with E-state index >= 15 is 0 Å². The Labute approximate surface area is 151 Å². The van der Waals surface area contributed by atoms with Crippen LogP contribution in [0.5, 0.6) is 5.75 Å². The lowest BCUT2D eigenvalue weighted by molar-refractivity contribution is 0.255. The maximum absolute atomic E-state index is 13.0. The lowest BCUT2D eigenvalue weighted by Gasteiger charge is -2.34. The summed E-state index contributed by atoms with van der Waals surface area (Å²) in [4.78, 5) is 14.1. The molecule has 0 fully saturated rings. The molecule has 0 N–H and O–H groups in total. The first-order valence-electron chi connectivity index (χ1n) is 7.71. The summed E-state index contributed by atoms with van der Waals surface area (Å²) in [5.41, 5.74) is 0.530. The summed E-state index contributed by atoms with van der Waals surface area (Å²) >= 11 is 5.85. The first-order chi connectivity index (χ1) is 11.9. The topological polar surface area (TPSA) is 66.9 Å². The minimum atomic E-state index is -4.02. The van der Waals surface area contributed by atoms with Gasteiger partial charge >= 0.3 is 6.03 Å². The molecule has 25 heavy (non-hydrogen) atoms. The third-order valence-electron chi connectivity index (χ3n) is 3.80. The molecule has 2 aromatic carbocycles. The number of carbonyl (C=O) groups excluding carboxylic acids is 1. The minimum Gasteiger partial charge on any atom is -0.494 e. The van der Waals surface area contributed by atoms with Gasteiger partial charge in [-0.1, -0.05) is 18.5 Å². The number of anilines is 2. The number of carbonyl (C=O) groups is 1. The molecule has 0 aromatic heterocycles. The van der Waals surface area contributed by atoms with Crippen molar-refractivity contribution in [1.29, 1.82) is 0 Å². The van der Waals surface area contributed by atoms with E-state index in [0.29, 0.717) is 23.1 Å². The fourth-order valence-corrected chi connectivity index (χ4v) is 4.30. The van der Waals surface area contributed by atoms with Crippen LogP contribution in [0.4, 0.5) is 16.2 Å². The summed E-state index contributed by atoms with van der Waals surface area (Å²) in [5.74, 6) is 0.524. The average Bonchev–Trinajstić information content (AvgIpc) is 2.59. The van der Waals surface area contributed by atoms with E-state index < -0.39 is 16.1 Å². The Morgan fingerprint density at radius 1 is 1.12 bits per heavy atom. The van der Waals surface area contributed by atoms with Gasteiger partial charge in [0, 0.05) is 18.1 Å². The molecule has 8 heteroatoms. The Balaban J connectivity index is 2.10.